The first-order valence-electron chi connectivity index (χ1n) is 10.2. The third-order valence-electron chi connectivity index (χ3n) is 5.80. The third kappa shape index (κ3) is 5.28. The largest absolute Gasteiger partial charge is 0.393 e. The van der Waals surface area contributed by atoms with Crippen molar-refractivity contribution in [3.63, 3.8) is 0 Å². The Hall–Kier alpha value is -0.490. The molecule has 0 saturated heterocycles. The van der Waals surface area contributed by atoms with Crippen LogP contribution in [-0.4, -0.2) is 50.1 Å². The van der Waals surface area contributed by atoms with Gasteiger partial charge in [0.15, 0.2) is 11.4 Å². The van der Waals surface area contributed by atoms with Crippen LogP contribution in [0.3, 0.4) is 0 Å². The van der Waals surface area contributed by atoms with Crippen LogP contribution in [-0.2, 0) is 4.79 Å². The molecule has 5 nitrogen and oxygen atoms in total. The summed E-state index contributed by atoms with van der Waals surface area (Å²) in [5.41, 5.74) is -1.98. The van der Waals surface area contributed by atoms with Crippen LogP contribution < -0.4 is 0 Å². The molecule has 0 bridgehead atoms. The molecular weight excluding hydrogens is 332 g/mol. The van der Waals surface area contributed by atoms with Crippen molar-refractivity contribution < 1.29 is 25.2 Å². The molecule has 0 radical (unpaired) electrons. The van der Waals surface area contributed by atoms with Gasteiger partial charge in [0.1, 0.15) is 0 Å². The van der Waals surface area contributed by atoms with E-state index in [1.165, 1.54) is 0 Å². The van der Waals surface area contributed by atoms with Crippen molar-refractivity contribution in [2.24, 2.45) is 29.6 Å². The quantitative estimate of drug-likeness (QED) is 0.472. The van der Waals surface area contributed by atoms with Crippen molar-refractivity contribution in [3.8, 4) is 0 Å². The lowest BCUT2D eigenvalue weighted by atomic mass is 9.78. The zero-order valence-corrected chi connectivity index (χ0v) is 17.4. The van der Waals surface area contributed by atoms with E-state index in [0.29, 0.717) is 31.1 Å². The second kappa shape index (κ2) is 9.63. The van der Waals surface area contributed by atoms with Gasteiger partial charge in [-0.15, -0.1) is 0 Å². The maximum Gasteiger partial charge on any atom is 0.167 e. The SMILES string of the molecule is CC(C)CCC(=O)[C@@]1(O)C(O)[C@@H](C(O)CC(C)C)C(O)[C@@H]1CCC(C)C. The molecular formula is C21H40O5. The van der Waals surface area contributed by atoms with Gasteiger partial charge in [-0.3, -0.25) is 4.79 Å². The first-order valence-corrected chi connectivity index (χ1v) is 10.2. The highest BCUT2D eigenvalue weighted by Crippen LogP contribution is 2.46. The van der Waals surface area contributed by atoms with Gasteiger partial charge in [0.2, 0.25) is 0 Å². The molecule has 4 N–H and O–H groups in total. The summed E-state index contributed by atoms with van der Waals surface area (Å²) < 4.78 is 0. The Bertz CT molecular complexity index is 448. The summed E-state index contributed by atoms with van der Waals surface area (Å²) in [5.74, 6) is -1.21. The molecule has 1 saturated carbocycles. The molecule has 0 heterocycles. The highest BCUT2D eigenvalue weighted by Gasteiger charge is 2.63. The van der Waals surface area contributed by atoms with Gasteiger partial charge in [-0.25, -0.2) is 0 Å². The maximum absolute atomic E-state index is 12.9. The van der Waals surface area contributed by atoms with E-state index in [1.54, 1.807) is 0 Å². The molecule has 6 atom stereocenters. The normalized spacial score (nSPS) is 33.4. The van der Waals surface area contributed by atoms with Crippen LogP contribution in [0, 0.1) is 29.6 Å². The molecule has 154 valence electrons. The predicted molar refractivity (Wildman–Crippen MR) is 103 cm³/mol. The predicted octanol–water partition coefficient (Wildman–Crippen LogP) is 2.53. The Morgan fingerprint density at radius 2 is 1.50 bits per heavy atom. The van der Waals surface area contributed by atoms with Crippen molar-refractivity contribution in [2.45, 2.75) is 97.6 Å². The molecule has 0 spiro atoms. The summed E-state index contributed by atoms with van der Waals surface area (Å²) in [6, 6.07) is 0. The minimum atomic E-state index is -1.98. The van der Waals surface area contributed by atoms with Crippen LogP contribution in [0.4, 0.5) is 0 Å². The topological polar surface area (TPSA) is 98.0 Å². The van der Waals surface area contributed by atoms with E-state index in [4.69, 9.17) is 0 Å². The number of rotatable bonds is 10. The van der Waals surface area contributed by atoms with Gasteiger partial charge in [0.05, 0.1) is 18.3 Å². The zero-order valence-electron chi connectivity index (χ0n) is 17.4. The number of hydrogen-bond donors (Lipinski definition) is 4. The maximum atomic E-state index is 12.9. The Kier molecular flexibility index (Phi) is 8.72. The fourth-order valence-electron chi connectivity index (χ4n) is 4.20. The Balaban J connectivity index is 3.12. The van der Waals surface area contributed by atoms with Crippen molar-refractivity contribution >= 4 is 5.78 Å². The van der Waals surface area contributed by atoms with E-state index in [2.05, 4.69) is 0 Å². The molecule has 0 amide bonds. The lowest BCUT2D eigenvalue weighted by Crippen LogP contribution is -2.53. The highest BCUT2D eigenvalue weighted by molar-refractivity contribution is 5.89. The number of hydrogen-bond acceptors (Lipinski definition) is 5. The minimum Gasteiger partial charge on any atom is -0.393 e. The van der Waals surface area contributed by atoms with Gasteiger partial charge in [0, 0.05) is 18.3 Å². The van der Waals surface area contributed by atoms with Gasteiger partial charge in [-0.2, -0.15) is 0 Å². The number of carbonyl (C=O) groups excluding carboxylic acids is 1. The fourth-order valence-corrected chi connectivity index (χ4v) is 4.20. The first-order chi connectivity index (χ1) is 11.9. The molecule has 1 aliphatic rings. The van der Waals surface area contributed by atoms with Crippen LogP contribution in [0.5, 0.6) is 0 Å². The Morgan fingerprint density at radius 3 is 1.96 bits per heavy atom. The van der Waals surface area contributed by atoms with Crippen molar-refractivity contribution in [3.05, 3.63) is 0 Å². The molecule has 0 aliphatic heterocycles. The van der Waals surface area contributed by atoms with Crippen molar-refractivity contribution in [1.82, 2.24) is 0 Å². The van der Waals surface area contributed by atoms with Crippen LogP contribution in [0.1, 0.15) is 73.6 Å². The molecule has 5 heteroatoms. The van der Waals surface area contributed by atoms with Crippen LogP contribution in [0.25, 0.3) is 0 Å². The van der Waals surface area contributed by atoms with Gasteiger partial charge in [0.25, 0.3) is 0 Å². The number of aliphatic hydroxyl groups is 4. The number of Topliss-reactive ketones (excluding diaryl/α,β-unsaturated/α-hetero) is 1. The number of carbonyl (C=O) groups is 1. The monoisotopic (exact) mass is 372 g/mol. The molecule has 0 aromatic carbocycles. The van der Waals surface area contributed by atoms with Crippen LogP contribution >= 0.6 is 0 Å². The van der Waals surface area contributed by atoms with Gasteiger partial charge < -0.3 is 20.4 Å². The summed E-state index contributed by atoms with van der Waals surface area (Å²) in [6.07, 6.45) is -1.09. The molecule has 1 aliphatic carbocycles. The second-order valence-corrected chi connectivity index (χ2v) is 9.47. The third-order valence-corrected chi connectivity index (χ3v) is 5.80. The standard InChI is InChI=1S/C21H40O5/c1-12(2)7-9-15-19(24)18(16(22)11-14(5)6)20(25)21(15,26)17(23)10-8-13(3)4/h12-16,18-20,22,24-26H,7-11H2,1-6H3/t15-,16?,18-,19?,20?,21+/m0/s1. The average molecular weight is 373 g/mol. The van der Waals surface area contributed by atoms with Gasteiger partial charge in [-0.1, -0.05) is 48.0 Å². The molecule has 3 unspecified atom stereocenters. The van der Waals surface area contributed by atoms with E-state index >= 15 is 0 Å². The second-order valence-electron chi connectivity index (χ2n) is 9.47. The zero-order chi connectivity index (χ0) is 20.2. The van der Waals surface area contributed by atoms with E-state index < -0.39 is 41.5 Å². The number of ketones is 1. The lowest BCUT2D eigenvalue weighted by molar-refractivity contribution is -0.158. The van der Waals surface area contributed by atoms with Crippen LogP contribution in [0.2, 0.25) is 0 Å². The highest BCUT2D eigenvalue weighted by atomic mass is 16.4. The summed E-state index contributed by atoms with van der Waals surface area (Å²) >= 11 is 0. The lowest BCUT2D eigenvalue weighted by Gasteiger charge is -2.33. The molecule has 26 heavy (non-hydrogen) atoms. The summed E-state index contributed by atoms with van der Waals surface area (Å²) in [5, 5.41) is 43.5. The van der Waals surface area contributed by atoms with Gasteiger partial charge in [-0.05, 0) is 37.0 Å². The Morgan fingerprint density at radius 1 is 0.962 bits per heavy atom. The average Bonchev–Trinajstić information content (AvgIpc) is 2.69. The minimum absolute atomic E-state index is 0.170. The molecule has 0 aromatic heterocycles. The fraction of sp³-hybridized carbons (Fsp3) is 0.952. The summed E-state index contributed by atoms with van der Waals surface area (Å²) in [6.45, 7) is 12.0. The van der Waals surface area contributed by atoms with E-state index in [9.17, 15) is 25.2 Å². The molecule has 0 aromatic rings. The van der Waals surface area contributed by atoms with Gasteiger partial charge >= 0.3 is 0 Å². The first kappa shape index (κ1) is 23.5. The van der Waals surface area contributed by atoms with E-state index in [-0.39, 0.29) is 12.3 Å². The van der Waals surface area contributed by atoms with Crippen molar-refractivity contribution in [2.75, 3.05) is 0 Å². The van der Waals surface area contributed by atoms with E-state index in [1.807, 2.05) is 41.5 Å². The Labute approximate surface area is 158 Å². The summed E-state index contributed by atoms with van der Waals surface area (Å²) in [7, 11) is 0. The summed E-state index contributed by atoms with van der Waals surface area (Å²) in [4.78, 5) is 12.9. The number of aliphatic hydroxyl groups excluding tert-OH is 3. The molecule has 1 rings (SSSR count). The van der Waals surface area contributed by atoms with Crippen LogP contribution in [0.15, 0.2) is 0 Å². The van der Waals surface area contributed by atoms with E-state index in [0.717, 1.165) is 6.42 Å². The molecule has 1 fully saturated rings. The smallest absolute Gasteiger partial charge is 0.167 e. The van der Waals surface area contributed by atoms with Crippen molar-refractivity contribution in [1.29, 1.82) is 0 Å².